The van der Waals surface area contributed by atoms with E-state index < -0.39 is 0 Å². The van der Waals surface area contributed by atoms with Crippen molar-refractivity contribution in [3.63, 3.8) is 0 Å². The molecule has 1 unspecified atom stereocenters. The molecule has 1 aromatic heterocycles. The van der Waals surface area contributed by atoms with Gasteiger partial charge in [0, 0.05) is 31.2 Å². The Morgan fingerprint density at radius 2 is 1.86 bits per heavy atom. The van der Waals surface area contributed by atoms with Crippen LogP contribution in [-0.2, 0) is 12.8 Å². The van der Waals surface area contributed by atoms with Gasteiger partial charge in [-0.1, -0.05) is 51.8 Å². The number of halogens is 2. The van der Waals surface area contributed by atoms with Gasteiger partial charge >= 0.3 is 0 Å². The Bertz CT molecular complexity index is 580. The van der Waals surface area contributed by atoms with Crippen LogP contribution >= 0.6 is 43.2 Å². The molecule has 114 valence electrons. The van der Waals surface area contributed by atoms with Gasteiger partial charge in [0.15, 0.2) is 0 Å². The Morgan fingerprint density at radius 3 is 2.48 bits per heavy atom. The molecule has 0 fully saturated rings. The maximum atomic E-state index is 3.71. The number of aryl methyl sites for hydroxylation is 1. The molecule has 0 saturated carbocycles. The first-order chi connectivity index (χ1) is 10.1. The molecule has 1 nitrogen and oxygen atoms in total. The lowest BCUT2D eigenvalue weighted by molar-refractivity contribution is 0.530. The summed E-state index contributed by atoms with van der Waals surface area (Å²) in [6.07, 6.45) is 3.32. The van der Waals surface area contributed by atoms with E-state index in [4.69, 9.17) is 0 Å². The highest BCUT2D eigenvalue weighted by molar-refractivity contribution is 9.11. The Balaban J connectivity index is 2.20. The van der Waals surface area contributed by atoms with E-state index in [1.165, 1.54) is 15.3 Å². The quantitative estimate of drug-likeness (QED) is 0.557. The Kier molecular flexibility index (Phi) is 6.93. The summed E-state index contributed by atoms with van der Waals surface area (Å²) in [4.78, 5) is 2.92. The zero-order valence-electron chi connectivity index (χ0n) is 12.5. The van der Waals surface area contributed by atoms with Crippen molar-refractivity contribution in [3.8, 4) is 0 Å². The van der Waals surface area contributed by atoms with Crippen molar-refractivity contribution in [2.45, 2.75) is 39.2 Å². The molecule has 2 aromatic rings. The van der Waals surface area contributed by atoms with E-state index in [0.29, 0.717) is 6.04 Å². The molecule has 2 rings (SSSR count). The van der Waals surface area contributed by atoms with Crippen LogP contribution in [-0.4, -0.2) is 6.54 Å². The zero-order valence-corrected chi connectivity index (χ0v) is 16.4. The maximum absolute atomic E-state index is 3.71. The lowest BCUT2D eigenvalue weighted by Crippen LogP contribution is -2.24. The van der Waals surface area contributed by atoms with Gasteiger partial charge in [-0.3, -0.25) is 0 Å². The second-order valence-electron chi connectivity index (χ2n) is 5.10. The van der Waals surface area contributed by atoms with Gasteiger partial charge in [-0.25, -0.2) is 0 Å². The molecule has 0 aliphatic carbocycles. The summed E-state index contributed by atoms with van der Waals surface area (Å²) in [5.74, 6) is 0. The number of nitrogens with one attached hydrogen (secondary N) is 1. The van der Waals surface area contributed by atoms with E-state index in [0.717, 1.165) is 34.8 Å². The standard InChI is InChI=1S/C17H21Br2NS/c1-3-9-20-17(11-14-7-6-13(4-2)21-14)15-8-5-12(18)10-16(15)19/h5-8,10,17,20H,3-4,9,11H2,1-2H3. The van der Waals surface area contributed by atoms with Crippen molar-refractivity contribution in [1.29, 1.82) is 0 Å². The lowest BCUT2D eigenvalue weighted by atomic mass is 10.0. The molecule has 0 aliphatic rings. The third-order valence-electron chi connectivity index (χ3n) is 3.45. The molecule has 21 heavy (non-hydrogen) atoms. The van der Waals surface area contributed by atoms with Crippen LogP contribution in [0.15, 0.2) is 39.3 Å². The van der Waals surface area contributed by atoms with Crippen molar-refractivity contribution >= 4 is 43.2 Å². The molecule has 1 heterocycles. The Morgan fingerprint density at radius 1 is 1.10 bits per heavy atom. The molecular weight excluding hydrogens is 410 g/mol. The molecule has 1 N–H and O–H groups in total. The highest BCUT2D eigenvalue weighted by atomic mass is 79.9. The van der Waals surface area contributed by atoms with Crippen molar-refractivity contribution < 1.29 is 0 Å². The second kappa shape index (κ2) is 8.47. The van der Waals surface area contributed by atoms with E-state index >= 15 is 0 Å². The van der Waals surface area contributed by atoms with E-state index in [1.807, 2.05) is 11.3 Å². The van der Waals surface area contributed by atoms with Crippen molar-refractivity contribution in [2.75, 3.05) is 6.54 Å². The van der Waals surface area contributed by atoms with Crippen LogP contribution in [0.3, 0.4) is 0 Å². The van der Waals surface area contributed by atoms with Crippen LogP contribution < -0.4 is 5.32 Å². The average Bonchev–Trinajstić information content (AvgIpc) is 2.91. The number of hydrogen-bond acceptors (Lipinski definition) is 2. The van der Waals surface area contributed by atoms with Crippen LogP contribution in [0.25, 0.3) is 0 Å². The van der Waals surface area contributed by atoms with Gasteiger partial charge in [-0.2, -0.15) is 0 Å². The third kappa shape index (κ3) is 4.92. The van der Waals surface area contributed by atoms with Crippen LogP contribution in [0, 0.1) is 0 Å². The van der Waals surface area contributed by atoms with Gasteiger partial charge < -0.3 is 5.32 Å². The lowest BCUT2D eigenvalue weighted by Gasteiger charge is -2.20. The van der Waals surface area contributed by atoms with Gasteiger partial charge in [0.05, 0.1) is 0 Å². The first-order valence-electron chi connectivity index (χ1n) is 7.40. The molecule has 1 aromatic carbocycles. The minimum Gasteiger partial charge on any atom is -0.310 e. The summed E-state index contributed by atoms with van der Waals surface area (Å²) in [7, 11) is 0. The van der Waals surface area contributed by atoms with Crippen molar-refractivity contribution in [3.05, 3.63) is 54.6 Å². The predicted molar refractivity (Wildman–Crippen MR) is 100 cm³/mol. The van der Waals surface area contributed by atoms with Crippen molar-refractivity contribution in [1.82, 2.24) is 5.32 Å². The van der Waals surface area contributed by atoms with Crippen LogP contribution in [0.4, 0.5) is 0 Å². The smallest absolute Gasteiger partial charge is 0.0380 e. The third-order valence-corrected chi connectivity index (χ3v) is 5.88. The monoisotopic (exact) mass is 429 g/mol. The highest BCUT2D eigenvalue weighted by Crippen LogP contribution is 2.30. The largest absolute Gasteiger partial charge is 0.310 e. The number of rotatable bonds is 7. The number of benzene rings is 1. The molecule has 0 bridgehead atoms. The minimum atomic E-state index is 0.357. The highest BCUT2D eigenvalue weighted by Gasteiger charge is 2.16. The van der Waals surface area contributed by atoms with Gasteiger partial charge in [-0.05, 0) is 49.2 Å². The summed E-state index contributed by atoms with van der Waals surface area (Å²) in [6.45, 7) is 5.47. The second-order valence-corrected chi connectivity index (χ2v) is 8.12. The average molecular weight is 431 g/mol. The first-order valence-corrected chi connectivity index (χ1v) is 9.80. The molecule has 0 radical (unpaired) electrons. The Hall–Kier alpha value is -0.160. The SMILES string of the molecule is CCCNC(Cc1ccc(CC)s1)c1ccc(Br)cc1Br. The summed E-state index contributed by atoms with van der Waals surface area (Å²) in [6, 6.07) is 11.3. The van der Waals surface area contributed by atoms with E-state index in [9.17, 15) is 0 Å². The topological polar surface area (TPSA) is 12.0 Å². The summed E-state index contributed by atoms with van der Waals surface area (Å²) in [5.41, 5.74) is 1.33. The first kappa shape index (κ1) is 17.2. The number of thiophene rings is 1. The fraction of sp³-hybridized carbons (Fsp3) is 0.412. The summed E-state index contributed by atoms with van der Waals surface area (Å²) in [5, 5.41) is 3.68. The van der Waals surface area contributed by atoms with E-state index in [1.54, 1.807) is 0 Å². The maximum Gasteiger partial charge on any atom is 0.0380 e. The molecule has 1 atom stereocenters. The number of hydrogen-bond donors (Lipinski definition) is 1. The summed E-state index contributed by atoms with van der Waals surface area (Å²) >= 11 is 9.17. The fourth-order valence-electron chi connectivity index (χ4n) is 2.32. The zero-order chi connectivity index (χ0) is 15.2. The van der Waals surface area contributed by atoms with E-state index in [2.05, 4.69) is 81.4 Å². The van der Waals surface area contributed by atoms with Crippen LogP contribution in [0.5, 0.6) is 0 Å². The van der Waals surface area contributed by atoms with Crippen LogP contribution in [0.1, 0.15) is 41.6 Å². The molecule has 4 heteroatoms. The van der Waals surface area contributed by atoms with Crippen molar-refractivity contribution in [2.24, 2.45) is 0 Å². The molecule has 0 saturated heterocycles. The molecule has 0 spiro atoms. The minimum absolute atomic E-state index is 0.357. The normalized spacial score (nSPS) is 12.6. The molecule has 0 amide bonds. The Labute approximate surface area is 148 Å². The fourth-order valence-corrected chi connectivity index (χ4v) is 4.64. The van der Waals surface area contributed by atoms with Gasteiger partial charge in [0.25, 0.3) is 0 Å². The predicted octanol–water partition coefficient (Wildman–Crippen LogP) is 6.12. The van der Waals surface area contributed by atoms with Crippen LogP contribution in [0.2, 0.25) is 0 Å². The summed E-state index contributed by atoms with van der Waals surface area (Å²) < 4.78 is 2.27. The van der Waals surface area contributed by atoms with Gasteiger partial charge in [0.2, 0.25) is 0 Å². The molecule has 0 aliphatic heterocycles. The van der Waals surface area contributed by atoms with E-state index in [-0.39, 0.29) is 0 Å². The van der Waals surface area contributed by atoms with Gasteiger partial charge in [-0.15, -0.1) is 11.3 Å². The molecular formula is C17H21Br2NS. The van der Waals surface area contributed by atoms with Gasteiger partial charge in [0.1, 0.15) is 0 Å².